The van der Waals surface area contributed by atoms with Gasteiger partial charge in [-0.2, -0.15) is 0 Å². The normalized spacial score (nSPS) is 12.6. The summed E-state index contributed by atoms with van der Waals surface area (Å²) >= 11 is 0. The monoisotopic (exact) mass is 294 g/mol. The molecule has 1 aromatic rings. The SMILES string of the molecule is CCc1ccc(OCCO[Si](C)(C)C(C)(C)C)c(C)c1. The van der Waals surface area contributed by atoms with Crippen molar-refractivity contribution in [2.45, 2.75) is 59.2 Å². The number of rotatable bonds is 6. The summed E-state index contributed by atoms with van der Waals surface area (Å²) in [5.74, 6) is 0.973. The maximum atomic E-state index is 6.11. The van der Waals surface area contributed by atoms with Crippen molar-refractivity contribution in [2.24, 2.45) is 0 Å². The molecule has 0 amide bonds. The molecule has 0 heterocycles. The van der Waals surface area contributed by atoms with Gasteiger partial charge < -0.3 is 9.16 Å². The third kappa shape index (κ3) is 4.64. The van der Waals surface area contributed by atoms with E-state index in [1.54, 1.807) is 0 Å². The highest BCUT2D eigenvalue weighted by molar-refractivity contribution is 6.74. The van der Waals surface area contributed by atoms with Gasteiger partial charge in [0.1, 0.15) is 12.4 Å². The summed E-state index contributed by atoms with van der Waals surface area (Å²) in [4.78, 5) is 0. The molecular weight excluding hydrogens is 264 g/mol. The molecular formula is C17H30O2Si. The molecule has 0 radical (unpaired) electrons. The highest BCUT2D eigenvalue weighted by Crippen LogP contribution is 2.36. The minimum absolute atomic E-state index is 0.256. The molecule has 0 aromatic heterocycles. The van der Waals surface area contributed by atoms with Gasteiger partial charge >= 0.3 is 0 Å². The second-order valence-electron chi connectivity index (χ2n) is 6.91. The molecule has 0 fully saturated rings. The first kappa shape index (κ1) is 17.2. The van der Waals surface area contributed by atoms with Crippen molar-refractivity contribution in [1.82, 2.24) is 0 Å². The average molecular weight is 295 g/mol. The van der Waals surface area contributed by atoms with Crippen LogP contribution in [0.5, 0.6) is 5.75 Å². The first-order valence-electron chi connectivity index (χ1n) is 7.53. The van der Waals surface area contributed by atoms with Crippen molar-refractivity contribution in [3.8, 4) is 5.75 Å². The summed E-state index contributed by atoms with van der Waals surface area (Å²) in [6.45, 7) is 16.9. The highest BCUT2D eigenvalue weighted by atomic mass is 28.4. The van der Waals surface area contributed by atoms with E-state index in [9.17, 15) is 0 Å². The van der Waals surface area contributed by atoms with Crippen molar-refractivity contribution in [2.75, 3.05) is 13.2 Å². The fraction of sp³-hybridized carbons (Fsp3) is 0.647. The second kappa shape index (κ2) is 6.77. The third-order valence-corrected chi connectivity index (χ3v) is 8.80. The minimum atomic E-state index is -1.65. The van der Waals surface area contributed by atoms with Crippen molar-refractivity contribution in [3.05, 3.63) is 29.3 Å². The van der Waals surface area contributed by atoms with Crippen LogP contribution in [-0.2, 0) is 10.8 Å². The van der Waals surface area contributed by atoms with E-state index in [1.807, 2.05) is 0 Å². The van der Waals surface area contributed by atoms with Crippen LogP contribution in [0.1, 0.15) is 38.8 Å². The molecule has 0 aliphatic rings. The van der Waals surface area contributed by atoms with Crippen LogP contribution in [0.4, 0.5) is 0 Å². The predicted octanol–water partition coefficient (Wildman–Crippen LogP) is 4.96. The Morgan fingerprint density at radius 1 is 1.10 bits per heavy atom. The van der Waals surface area contributed by atoms with Crippen LogP contribution in [0.2, 0.25) is 18.1 Å². The van der Waals surface area contributed by atoms with Crippen LogP contribution >= 0.6 is 0 Å². The summed E-state index contributed by atoms with van der Waals surface area (Å²) < 4.78 is 12.0. The Bertz CT molecular complexity index is 433. The van der Waals surface area contributed by atoms with Crippen LogP contribution in [0.15, 0.2) is 18.2 Å². The number of ether oxygens (including phenoxy) is 1. The Balaban J connectivity index is 2.46. The molecule has 0 N–H and O–H groups in total. The summed E-state index contributed by atoms with van der Waals surface area (Å²) in [7, 11) is -1.65. The molecule has 0 aliphatic carbocycles. The molecule has 3 heteroatoms. The van der Waals surface area contributed by atoms with Gasteiger partial charge in [0.25, 0.3) is 0 Å². The first-order valence-corrected chi connectivity index (χ1v) is 10.4. The molecule has 0 spiro atoms. The van der Waals surface area contributed by atoms with Crippen molar-refractivity contribution >= 4 is 8.32 Å². The van der Waals surface area contributed by atoms with Crippen molar-refractivity contribution in [3.63, 3.8) is 0 Å². The molecule has 114 valence electrons. The summed E-state index contributed by atoms with van der Waals surface area (Å²) in [6, 6.07) is 6.40. The number of aryl methyl sites for hydroxylation is 2. The van der Waals surface area contributed by atoms with Gasteiger partial charge in [-0.3, -0.25) is 0 Å². The van der Waals surface area contributed by atoms with E-state index >= 15 is 0 Å². The molecule has 1 rings (SSSR count). The van der Waals surface area contributed by atoms with E-state index < -0.39 is 8.32 Å². The lowest BCUT2D eigenvalue weighted by atomic mass is 10.1. The van der Waals surface area contributed by atoms with Crippen LogP contribution in [-0.4, -0.2) is 21.5 Å². The number of hydrogen-bond acceptors (Lipinski definition) is 2. The summed E-state index contributed by atoms with van der Waals surface area (Å²) in [5.41, 5.74) is 2.56. The minimum Gasteiger partial charge on any atom is -0.491 e. The average Bonchev–Trinajstić information content (AvgIpc) is 2.34. The van der Waals surface area contributed by atoms with Gasteiger partial charge in [0.15, 0.2) is 8.32 Å². The molecule has 0 atom stereocenters. The summed E-state index contributed by atoms with van der Waals surface area (Å²) in [6.07, 6.45) is 1.07. The zero-order chi connectivity index (χ0) is 15.4. The van der Waals surface area contributed by atoms with Crippen molar-refractivity contribution in [1.29, 1.82) is 0 Å². The fourth-order valence-electron chi connectivity index (χ4n) is 1.76. The molecule has 0 aliphatic heterocycles. The van der Waals surface area contributed by atoms with Crippen molar-refractivity contribution < 1.29 is 9.16 Å². The van der Waals surface area contributed by atoms with Gasteiger partial charge in [-0.25, -0.2) is 0 Å². The fourth-order valence-corrected chi connectivity index (χ4v) is 2.78. The standard InChI is InChI=1S/C17H30O2Si/c1-8-15-9-10-16(14(2)13-15)18-11-12-19-20(6,7)17(3,4)5/h9-10,13H,8,11-12H2,1-7H3. The van der Waals surface area contributed by atoms with Crippen LogP contribution in [0, 0.1) is 6.92 Å². The Labute approximate surface area is 125 Å². The number of benzene rings is 1. The van der Waals surface area contributed by atoms with E-state index in [-0.39, 0.29) is 5.04 Å². The van der Waals surface area contributed by atoms with Crippen LogP contribution in [0.25, 0.3) is 0 Å². The predicted molar refractivity (Wildman–Crippen MR) is 89.2 cm³/mol. The molecule has 0 saturated carbocycles. The van der Waals surface area contributed by atoms with Crippen LogP contribution in [0.3, 0.4) is 0 Å². The lowest BCUT2D eigenvalue weighted by Gasteiger charge is -2.36. The zero-order valence-corrected chi connectivity index (χ0v) is 15.2. The van der Waals surface area contributed by atoms with E-state index in [4.69, 9.17) is 9.16 Å². The van der Waals surface area contributed by atoms with Gasteiger partial charge in [0.2, 0.25) is 0 Å². The zero-order valence-electron chi connectivity index (χ0n) is 14.2. The molecule has 20 heavy (non-hydrogen) atoms. The molecule has 1 aromatic carbocycles. The maximum Gasteiger partial charge on any atom is 0.192 e. The highest BCUT2D eigenvalue weighted by Gasteiger charge is 2.36. The summed E-state index contributed by atoms with van der Waals surface area (Å²) in [5, 5.41) is 0.256. The topological polar surface area (TPSA) is 18.5 Å². The Kier molecular flexibility index (Phi) is 5.84. The first-order chi connectivity index (χ1) is 9.17. The van der Waals surface area contributed by atoms with Crippen LogP contribution < -0.4 is 4.74 Å². The third-order valence-electron chi connectivity index (χ3n) is 4.26. The van der Waals surface area contributed by atoms with E-state index in [0.717, 1.165) is 12.2 Å². The molecule has 0 saturated heterocycles. The lowest BCUT2D eigenvalue weighted by molar-refractivity contribution is 0.203. The molecule has 0 bridgehead atoms. The van der Waals surface area contributed by atoms with E-state index in [1.165, 1.54) is 11.1 Å². The Morgan fingerprint density at radius 2 is 1.75 bits per heavy atom. The quantitative estimate of drug-likeness (QED) is 0.545. The van der Waals surface area contributed by atoms with Gasteiger partial charge in [-0.05, 0) is 48.7 Å². The number of hydrogen-bond donors (Lipinski definition) is 0. The molecule has 0 unspecified atom stereocenters. The second-order valence-corrected chi connectivity index (χ2v) is 11.7. The molecule has 2 nitrogen and oxygen atoms in total. The maximum absolute atomic E-state index is 6.11. The van der Waals surface area contributed by atoms with Gasteiger partial charge in [-0.15, -0.1) is 0 Å². The Hall–Kier alpha value is -0.803. The largest absolute Gasteiger partial charge is 0.491 e. The van der Waals surface area contributed by atoms with E-state index in [0.29, 0.717) is 13.2 Å². The van der Waals surface area contributed by atoms with Gasteiger partial charge in [0, 0.05) is 0 Å². The van der Waals surface area contributed by atoms with Gasteiger partial charge in [-0.1, -0.05) is 39.8 Å². The van der Waals surface area contributed by atoms with E-state index in [2.05, 4.69) is 65.9 Å². The van der Waals surface area contributed by atoms with Gasteiger partial charge in [0.05, 0.1) is 6.61 Å². The Morgan fingerprint density at radius 3 is 2.25 bits per heavy atom. The smallest absolute Gasteiger partial charge is 0.192 e. The lowest BCUT2D eigenvalue weighted by Crippen LogP contribution is -2.41.